The Kier molecular flexibility index (Phi) is 6.59. The van der Waals surface area contributed by atoms with Gasteiger partial charge in [0.05, 0.1) is 0 Å². The molecule has 0 saturated carbocycles. The van der Waals surface area contributed by atoms with Crippen LogP contribution in [0.3, 0.4) is 0 Å². The number of carbonyl (C=O) groups excluding carboxylic acids is 1. The molecule has 23 heavy (non-hydrogen) atoms. The summed E-state index contributed by atoms with van der Waals surface area (Å²) < 4.78 is 0. The fraction of sp³-hybridized carbons (Fsp3) is 0.278. The van der Waals surface area contributed by atoms with Crippen molar-refractivity contribution in [2.24, 2.45) is 0 Å². The predicted octanol–water partition coefficient (Wildman–Crippen LogP) is 2.50. The van der Waals surface area contributed by atoms with Crippen LogP contribution in [-0.2, 0) is 17.9 Å². The number of hydrogen-bond donors (Lipinski definition) is 3. The van der Waals surface area contributed by atoms with Crippen LogP contribution in [0.1, 0.15) is 18.1 Å². The Labute approximate surface area is 141 Å². The van der Waals surface area contributed by atoms with Gasteiger partial charge >= 0.3 is 0 Å². The smallest absolute Gasteiger partial charge is 0.250 e. The summed E-state index contributed by atoms with van der Waals surface area (Å²) in [4.78, 5) is 12.0. The maximum atomic E-state index is 12.0. The first-order chi connectivity index (χ1) is 11.1. The molecule has 5 heteroatoms. The average molecular weight is 333 g/mol. The molecular formula is C18H21ClN2O2. The topological polar surface area (TPSA) is 61.4 Å². The molecule has 0 saturated heterocycles. The number of carbonyl (C=O) groups is 1. The van der Waals surface area contributed by atoms with Crippen LogP contribution in [0.15, 0.2) is 54.6 Å². The van der Waals surface area contributed by atoms with E-state index in [2.05, 4.69) is 10.6 Å². The van der Waals surface area contributed by atoms with E-state index in [1.165, 1.54) is 0 Å². The maximum Gasteiger partial charge on any atom is 0.250 e. The van der Waals surface area contributed by atoms with Crippen molar-refractivity contribution in [3.8, 4) is 0 Å². The number of amides is 1. The molecule has 2 aromatic carbocycles. The van der Waals surface area contributed by atoms with Gasteiger partial charge in [0.1, 0.15) is 6.10 Å². The van der Waals surface area contributed by atoms with Gasteiger partial charge in [-0.25, -0.2) is 0 Å². The summed E-state index contributed by atoms with van der Waals surface area (Å²) in [5.74, 6) is -0.405. The first kappa shape index (κ1) is 17.5. The van der Waals surface area contributed by atoms with Gasteiger partial charge in [0.25, 0.3) is 5.91 Å². The molecule has 2 unspecified atom stereocenters. The maximum absolute atomic E-state index is 12.0. The fourth-order valence-corrected chi connectivity index (χ4v) is 2.37. The molecule has 2 rings (SSSR count). The minimum absolute atomic E-state index is 0.335. The number of benzene rings is 2. The van der Waals surface area contributed by atoms with Crippen molar-refractivity contribution < 1.29 is 9.90 Å². The summed E-state index contributed by atoms with van der Waals surface area (Å²) in [7, 11) is 0. The highest BCUT2D eigenvalue weighted by Crippen LogP contribution is 2.10. The minimum Gasteiger partial charge on any atom is -0.382 e. The Morgan fingerprint density at radius 1 is 1.09 bits per heavy atom. The number of aliphatic hydroxyl groups excluding tert-OH is 1. The molecule has 0 aromatic heterocycles. The van der Waals surface area contributed by atoms with Gasteiger partial charge in [-0.3, -0.25) is 4.79 Å². The third-order valence-corrected chi connectivity index (χ3v) is 3.80. The van der Waals surface area contributed by atoms with Gasteiger partial charge in [-0.1, -0.05) is 54.1 Å². The summed E-state index contributed by atoms with van der Waals surface area (Å²) in [6.07, 6.45) is -1.11. The van der Waals surface area contributed by atoms with Crippen LogP contribution in [0.4, 0.5) is 0 Å². The van der Waals surface area contributed by atoms with Crippen molar-refractivity contribution >= 4 is 17.5 Å². The fourth-order valence-electron chi connectivity index (χ4n) is 2.15. The number of rotatable bonds is 7. The van der Waals surface area contributed by atoms with Crippen LogP contribution in [-0.4, -0.2) is 23.2 Å². The molecule has 0 bridgehead atoms. The number of hydrogen-bond acceptors (Lipinski definition) is 3. The molecule has 0 fully saturated rings. The van der Waals surface area contributed by atoms with Crippen LogP contribution >= 0.6 is 11.6 Å². The van der Waals surface area contributed by atoms with E-state index < -0.39 is 12.0 Å². The molecule has 122 valence electrons. The minimum atomic E-state index is -1.11. The molecule has 2 atom stereocenters. The van der Waals surface area contributed by atoms with Crippen LogP contribution in [0, 0.1) is 0 Å². The SMILES string of the molecule is CC(NCc1ccccc1)C(O)C(=O)NCc1cccc(Cl)c1. The van der Waals surface area contributed by atoms with E-state index in [-0.39, 0.29) is 6.04 Å². The Balaban J connectivity index is 1.79. The highest BCUT2D eigenvalue weighted by atomic mass is 35.5. The molecule has 3 N–H and O–H groups in total. The normalized spacial score (nSPS) is 13.3. The molecule has 4 nitrogen and oxygen atoms in total. The number of aliphatic hydroxyl groups is 1. The molecule has 0 aliphatic rings. The average Bonchev–Trinajstić information content (AvgIpc) is 2.58. The molecule has 0 radical (unpaired) electrons. The third kappa shape index (κ3) is 5.67. The second-order valence-corrected chi connectivity index (χ2v) is 5.88. The summed E-state index contributed by atoms with van der Waals surface area (Å²) in [5.41, 5.74) is 1.99. The van der Waals surface area contributed by atoms with E-state index in [1.54, 1.807) is 19.1 Å². The lowest BCUT2D eigenvalue weighted by atomic mass is 10.1. The highest BCUT2D eigenvalue weighted by molar-refractivity contribution is 6.30. The Hall–Kier alpha value is -1.88. The van der Waals surface area contributed by atoms with Gasteiger partial charge in [0.15, 0.2) is 0 Å². The van der Waals surface area contributed by atoms with E-state index >= 15 is 0 Å². The van der Waals surface area contributed by atoms with Crippen molar-refractivity contribution in [2.75, 3.05) is 0 Å². The van der Waals surface area contributed by atoms with Crippen LogP contribution in [0.5, 0.6) is 0 Å². The molecule has 1 amide bonds. The van der Waals surface area contributed by atoms with E-state index in [1.807, 2.05) is 42.5 Å². The first-order valence-electron chi connectivity index (χ1n) is 7.54. The van der Waals surface area contributed by atoms with Crippen LogP contribution in [0.25, 0.3) is 0 Å². The van der Waals surface area contributed by atoms with Gasteiger partial charge in [0, 0.05) is 24.2 Å². The van der Waals surface area contributed by atoms with Gasteiger partial charge in [-0.05, 0) is 30.2 Å². The van der Waals surface area contributed by atoms with Crippen molar-refractivity contribution in [3.63, 3.8) is 0 Å². The second-order valence-electron chi connectivity index (χ2n) is 5.45. The molecule has 2 aromatic rings. The van der Waals surface area contributed by atoms with Gasteiger partial charge < -0.3 is 15.7 Å². The van der Waals surface area contributed by atoms with E-state index in [0.717, 1.165) is 11.1 Å². The number of nitrogens with one attached hydrogen (secondary N) is 2. The van der Waals surface area contributed by atoms with Gasteiger partial charge in [0.2, 0.25) is 0 Å². The van der Waals surface area contributed by atoms with E-state index in [9.17, 15) is 9.90 Å². The Bertz CT molecular complexity index is 634. The summed E-state index contributed by atoms with van der Waals surface area (Å²) in [6.45, 7) is 2.72. The number of halogens is 1. The highest BCUT2D eigenvalue weighted by Gasteiger charge is 2.21. The van der Waals surface area contributed by atoms with Gasteiger partial charge in [-0.15, -0.1) is 0 Å². The van der Waals surface area contributed by atoms with Gasteiger partial charge in [-0.2, -0.15) is 0 Å². The van der Waals surface area contributed by atoms with Crippen molar-refractivity contribution in [1.29, 1.82) is 0 Å². The lowest BCUT2D eigenvalue weighted by Gasteiger charge is -2.20. The zero-order valence-electron chi connectivity index (χ0n) is 13.0. The van der Waals surface area contributed by atoms with Crippen molar-refractivity contribution in [2.45, 2.75) is 32.2 Å². The molecule has 0 aliphatic heterocycles. The molecule has 0 aliphatic carbocycles. The summed E-state index contributed by atoms with van der Waals surface area (Å²) in [6, 6.07) is 16.7. The summed E-state index contributed by atoms with van der Waals surface area (Å²) >= 11 is 5.90. The zero-order valence-corrected chi connectivity index (χ0v) is 13.8. The monoisotopic (exact) mass is 332 g/mol. The Morgan fingerprint density at radius 3 is 2.48 bits per heavy atom. The lowest BCUT2D eigenvalue weighted by Crippen LogP contribution is -2.46. The second kappa shape index (κ2) is 8.67. The standard InChI is InChI=1S/C18H21ClN2O2/c1-13(20-11-14-6-3-2-4-7-14)17(22)18(23)21-12-15-8-5-9-16(19)10-15/h2-10,13,17,20,22H,11-12H2,1H3,(H,21,23). The van der Waals surface area contributed by atoms with E-state index in [0.29, 0.717) is 18.1 Å². The predicted molar refractivity (Wildman–Crippen MR) is 92.0 cm³/mol. The third-order valence-electron chi connectivity index (χ3n) is 3.57. The first-order valence-corrected chi connectivity index (χ1v) is 7.91. The van der Waals surface area contributed by atoms with Crippen LogP contribution in [0.2, 0.25) is 5.02 Å². The van der Waals surface area contributed by atoms with Crippen LogP contribution < -0.4 is 10.6 Å². The molecule has 0 spiro atoms. The summed E-state index contributed by atoms with van der Waals surface area (Å²) in [5, 5.41) is 16.6. The zero-order chi connectivity index (χ0) is 16.7. The molecular weight excluding hydrogens is 312 g/mol. The van der Waals surface area contributed by atoms with E-state index in [4.69, 9.17) is 11.6 Å². The molecule has 0 heterocycles. The largest absolute Gasteiger partial charge is 0.382 e. The lowest BCUT2D eigenvalue weighted by molar-refractivity contribution is -0.130. The van der Waals surface area contributed by atoms with Crippen molar-refractivity contribution in [1.82, 2.24) is 10.6 Å². The quantitative estimate of drug-likeness (QED) is 0.730. The van der Waals surface area contributed by atoms with Crippen molar-refractivity contribution in [3.05, 3.63) is 70.7 Å². The Morgan fingerprint density at radius 2 is 1.78 bits per heavy atom.